The number of amides is 1. The van der Waals surface area contributed by atoms with Gasteiger partial charge in [0.25, 0.3) is 15.9 Å². The second-order valence-electron chi connectivity index (χ2n) is 6.95. The van der Waals surface area contributed by atoms with Crippen molar-refractivity contribution >= 4 is 15.9 Å². The van der Waals surface area contributed by atoms with Gasteiger partial charge in [-0.05, 0) is 50.6 Å². The molecule has 0 aliphatic heterocycles. The van der Waals surface area contributed by atoms with Crippen molar-refractivity contribution in [3.8, 4) is 6.07 Å². The van der Waals surface area contributed by atoms with Crippen molar-refractivity contribution in [3.05, 3.63) is 53.3 Å². The van der Waals surface area contributed by atoms with Gasteiger partial charge in [-0.15, -0.1) is 0 Å². The molecule has 2 rings (SSSR count). The van der Waals surface area contributed by atoms with Crippen LogP contribution < -0.4 is 4.72 Å². The molecule has 1 aromatic carbocycles. The molecule has 1 amide bonds. The van der Waals surface area contributed by atoms with Crippen molar-refractivity contribution in [1.29, 1.82) is 5.26 Å². The first-order valence-corrected chi connectivity index (χ1v) is 9.38. The van der Waals surface area contributed by atoms with Gasteiger partial charge in [0.05, 0.1) is 11.6 Å². The number of nitrogens with one attached hydrogen (secondary N) is 1. The molecule has 2 aromatic rings. The normalized spacial score (nSPS) is 11.8. The van der Waals surface area contributed by atoms with Crippen LogP contribution in [0.25, 0.3) is 0 Å². The van der Waals surface area contributed by atoms with Gasteiger partial charge >= 0.3 is 0 Å². The van der Waals surface area contributed by atoms with Crippen LogP contribution in [-0.2, 0) is 16.6 Å². The fourth-order valence-corrected chi connectivity index (χ4v) is 3.66. The SMILES string of the molecule is CN(Cc1cccc(C#N)c1)C(=O)c1ccc(S(=O)(=O)NC(C)(C)C)o1. The summed E-state index contributed by atoms with van der Waals surface area (Å²) in [4.78, 5) is 13.9. The van der Waals surface area contributed by atoms with E-state index < -0.39 is 21.5 Å². The molecule has 0 bridgehead atoms. The molecule has 0 fully saturated rings. The lowest BCUT2D eigenvalue weighted by Gasteiger charge is -2.19. The van der Waals surface area contributed by atoms with Crippen LogP contribution >= 0.6 is 0 Å². The zero-order valence-electron chi connectivity index (χ0n) is 15.1. The molecule has 0 aliphatic carbocycles. The first-order chi connectivity index (χ1) is 12.0. The molecule has 0 atom stereocenters. The topological polar surface area (TPSA) is 103 Å². The lowest BCUT2D eigenvalue weighted by atomic mass is 10.1. The molecule has 0 saturated carbocycles. The predicted molar refractivity (Wildman–Crippen MR) is 95.7 cm³/mol. The molecule has 0 spiro atoms. The Hall–Kier alpha value is -2.63. The maximum Gasteiger partial charge on any atom is 0.289 e. The third kappa shape index (κ3) is 4.94. The summed E-state index contributed by atoms with van der Waals surface area (Å²) >= 11 is 0. The molecule has 0 unspecified atom stereocenters. The summed E-state index contributed by atoms with van der Waals surface area (Å²) in [5.74, 6) is -0.525. The number of sulfonamides is 1. The van der Waals surface area contributed by atoms with Gasteiger partial charge in [0.2, 0.25) is 5.09 Å². The van der Waals surface area contributed by atoms with Gasteiger partial charge in [0.15, 0.2) is 5.76 Å². The molecular formula is C18H21N3O4S. The number of hydrogen-bond donors (Lipinski definition) is 1. The summed E-state index contributed by atoms with van der Waals surface area (Å²) < 4.78 is 32.2. The van der Waals surface area contributed by atoms with Crippen LogP contribution in [0.4, 0.5) is 0 Å². The lowest BCUT2D eigenvalue weighted by molar-refractivity contribution is 0.0747. The van der Waals surface area contributed by atoms with Gasteiger partial charge in [-0.25, -0.2) is 13.1 Å². The van der Waals surface area contributed by atoms with Gasteiger partial charge in [0, 0.05) is 19.1 Å². The molecule has 0 aliphatic rings. The minimum atomic E-state index is -3.85. The maximum atomic E-state index is 12.5. The summed E-state index contributed by atoms with van der Waals surface area (Å²) in [6, 6.07) is 11.5. The summed E-state index contributed by atoms with van der Waals surface area (Å²) in [5, 5.41) is 8.62. The Morgan fingerprint density at radius 3 is 2.58 bits per heavy atom. The Balaban J connectivity index is 2.15. The molecule has 0 saturated heterocycles. The summed E-state index contributed by atoms with van der Waals surface area (Å²) in [6.07, 6.45) is 0. The monoisotopic (exact) mass is 375 g/mol. The minimum absolute atomic E-state index is 0.0711. The standard InChI is InChI=1S/C18H21N3O4S/c1-18(2,3)20-26(23,24)16-9-8-15(25-16)17(22)21(4)12-14-7-5-6-13(10-14)11-19/h5-10,20H,12H2,1-4H3. The summed E-state index contributed by atoms with van der Waals surface area (Å²) in [6.45, 7) is 5.39. The van der Waals surface area contributed by atoms with Crippen LogP contribution in [-0.4, -0.2) is 31.8 Å². The van der Waals surface area contributed by atoms with Crippen LogP contribution in [0.15, 0.2) is 45.9 Å². The predicted octanol–water partition coefficient (Wildman–Crippen LogP) is 2.50. The largest absolute Gasteiger partial charge is 0.438 e. The molecule has 8 heteroatoms. The molecule has 138 valence electrons. The van der Waals surface area contributed by atoms with E-state index in [0.717, 1.165) is 5.56 Å². The van der Waals surface area contributed by atoms with Gasteiger partial charge in [-0.1, -0.05) is 12.1 Å². The average molecular weight is 375 g/mol. The number of carbonyl (C=O) groups excluding carboxylic acids is 1. The molecule has 1 heterocycles. The second-order valence-corrected chi connectivity index (χ2v) is 8.56. The average Bonchev–Trinajstić information content (AvgIpc) is 3.03. The van der Waals surface area contributed by atoms with Crippen LogP contribution in [0.1, 0.15) is 42.5 Å². The van der Waals surface area contributed by atoms with Crippen molar-refractivity contribution in [1.82, 2.24) is 9.62 Å². The van der Waals surface area contributed by atoms with E-state index in [0.29, 0.717) is 5.56 Å². The summed E-state index contributed by atoms with van der Waals surface area (Å²) in [5.41, 5.74) is 0.620. The number of carbonyl (C=O) groups is 1. The van der Waals surface area contributed by atoms with Crippen molar-refractivity contribution in [3.63, 3.8) is 0 Å². The Kier molecular flexibility index (Phi) is 5.54. The highest BCUT2D eigenvalue weighted by Gasteiger charge is 2.26. The minimum Gasteiger partial charge on any atom is -0.438 e. The number of rotatable bonds is 5. The Labute approximate surface area is 153 Å². The van der Waals surface area contributed by atoms with Gasteiger partial charge in [0.1, 0.15) is 0 Å². The van der Waals surface area contributed by atoms with Crippen LogP contribution in [0.2, 0.25) is 0 Å². The number of furan rings is 1. The number of nitriles is 1. The van der Waals surface area contributed by atoms with Crippen LogP contribution in [0, 0.1) is 11.3 Å². The first kappa shape index (κ1) is 19.7. The lowest BCUT2D eigenvalue weighted by Crippen LogP contribution is -2.40. The molecular weight excluding hydrogens is 354 g/mol. The van der Waals surface area contributed by atoms with E-state index in [9.17, 15) is 13.2 Å². The Morgan fingerprint density at radius 1 is 1.27 bits per heavy atom. The molecule has 1 N–H and O–H groups in total. The molecule has 7 nitrogen and oxygen atoms in total. The zero-order valence-corrected chi connectivity index (χ0v) is 15.9. The zero-order chi connectivity index (χ0) is 19.5. The highest BCUT2D eigenvalue weighted by atomic mass is 32.2. The highest BCUT2D eigenvalue weighted by Crippen LogP contribution is 2.18. The van der Waals surface area contributed by atoms with Crippen molar-refractivity contribution in [2.75, 3.05) is 7.05 Å². The summed E-state index contributed by atoms with van der Waals surface area (Å²) in [7, 11) is -2.27. The number of nitrogens with zero attached hydrogens (tertiary/aromatic N) is 2. The number of benzene rings is 1. The van der Waals surface area contributed by atoms with Crippen LogP contribution in [0.5, 0.6) is 0 Å². The van der Waals surface area contributed by atoms with E-state index in [1.165, 1.54) is 17.0 Å². The molecule has 0 radical (unpaired) electrons. The quantitative estimate of drug-likeness (QED) is 0.865. The van der Waals surface area contributed by atoms with E-state index in [1.807, 2.05) is 6.07 Å². The first-order valence-electron chi connectivity index (χ1n) is 7.90. The van der Waals surface area contributed by atoms with Gasteiger partial charge in [-0.3, -0.25) is 4.79 Å². The molecule has 26 heavy (non-hydrogen) atoms. The highest BCUT2D eigenvalue weighted by molar-refractivity contribution is 7.89. The third-order valence-corrected chi connectivity index (χ3v) is 4.95. The third-order valence-electron chi connectivity index (χ3n) is 3.32. The molecule has 1 aromatic heterocycles. The van der Waals surface area contributed by atoms with Gasteiger partial charge in [-0.2, -0.15) is 5.26 Å². The van der Waals surface area contributed by atoms with E-state index in [2.05, 4.69) is 4.72 Å². The Morgan fingerprint density at radius 2 is 1.96 bits per heavy atom. The Bertz CT molecular complexity index is 949. The second kappa shape index (κ2) is 7.32. The fraction of sp³-hybridized carbons (Fsp3) is 0.333. The van der Waals surface area contributed by atoms with Crippen molar-refractivity contribution in [2.45, 2.75) is 37.9 Å². The smallest absolute Gasteiger partial charge is 0.289 e. The van der Waals surface area contributed by atoms with E-state index >= 15 is 0 Å². The van der Waals surface area contributed by atoms with Crippen molar-refractivity contribution < 1.29 is 17.6 Å². The maximum absolute atomic E-state index is 12.5. The fourth-order valence-electron chi connectivity index (χ4n) is 2.31. The number of hydrogen-bond acceptors (Lipinski definition) is 5. The van der Waals surface area contributed by atoms with Gasteiger partial charge < -0.3 is 9.32 Å². The van der Waals surface area contributed by atoms with Crippen LogP contribution in [0.3, 0.4) is 0 Å². The van der Waals surface area contributed by atoms with E-state index in [1.54, 1.807) is 52.1 Å². The van der Waals surface area contributed by atoms with E-state index in [-0.39, 0.29) is 17.4 Å². The van der Waals surface area contributed by atoms with E-state index in [4.69, 9.17) is 9.68 Å². The van der Waals surface area contributed by atoms with Crippen molar-refractivity contribution in [2.24, 2.45) is 0 Å².